The van der Waals surface area contributed by atoms with Crippen LogP contribution in [0.4, 0.5) is 0 Å². The summed E-state index contributed by atoms with van der Waals surface area (Å²) in [6, 6.07) is 0. The molecule has 0 spiro atoms. The zero-order chi connectivity index (χ0) is 7.11. The Balaban J connectivity index is 0.000000148. The minimum absolute atomic E-state index is 0.778. The van der Waals surface area contributed by atoms with Crippen molar-refractivity contribution in [2.24, 2.45) is 4.99 Å². The molecule has 0 saturated carbocycles. The topological polar surface area (TPSA) is 82.3 Å². The molecule has 0 fully saturated rings. The van der Waals surface area contributed by atoms with Crippen LogP contribution in [0.5, 0.6) is 0 Å². The summed E-state index contributed by atoms with van der Waals surface area (Å²) in [4.78, 5) is 25.4. The lowest BCUT2D eigenvalue weighted by Gasteiger charge is -1.76. The van der Waals surface area contributed by atoms with Gasteiger partial charge in [-0.25, -0.2) is 0 Å². The van der Waals surface area contributed by atoms with E-state index in [1.165, 1.54) is 6.40 Å². The van der Waals surface area contributed by atoms with Gasteiger partial charge < -0.3 is 19.4 Å². The van der Waals surface area contributed by atoms with Crippen LogP contribution >= 0.6 is 8.60 Å². The van der Waals surface area contributed by atoms with Gasteiger partial charge in [-0.1, -0.05) is 0 Å². The van der Waals surface area contributed by atoms with Gasteiger partial charge in [0.15, 0.2) is 6.40 Å². The first-order valence-electron chi connectivity index (χ1n) is 2.20. The van der Waals surface area contributed by atoms with Crippen molar-refractivity contribution in [2.75, 3.05) is 13.2 Å². The highest BCUT2D eigenvalue weighted by atomic mass is 31.2. The third-order valence-corrected chi connectivity index (χ3v) is 0.487. The second-order valence-corrected chi connectivity index (χ2v) is 1.69. The van der Waals surface area contributed by atoms with Crippen LogP contribution < -0.4 is 0 Å². The van der Waals surface area contributed by atoms with E-state index in [1.807, 2.05) is 0 Å². The lowest BCUT2D eigenvalue weighted by atomic mass is 10.8. The number of nitrogens with zero attached hydrogens (tertiary/aromatic N) is 1. The summed E-state index contributed by atoms with van der Waals surface area (Å²) in [5.74, 6) is 0. The molecule has 3 N–H and O–H groups in total. The summed E-state index contributed by atoms with van der Waals surface area (Å²) in [5.41, 5.74) is 0. The molecule has 9 heavy (non-hydrogen) atoms. The average molecular weight is 153 g/mol. The van der Waals surface area contributed by atoms with E-state index in [1.54, 1.807) is 0 Å². The molecule has 54 valence electrons. The SMILES string of the molecule is C1=NCCO1.OP(O)O. The second-order valence-electron chi connectivity index (χ2n) is 1.15. The smallest absolute Gasteiger partial charge is 0.324 e. The molecule has 1 rings (SSSR count). The highest BCUT2D eigenvalue weighted by molar-refractivity contribution is 7.38. The Morgan fingerprint density at radius 3 is 2.11 bits per heavy atom. The predicted octanol–water partition coefficient (Wildman–Crippen LogP) is -0.765. The van der Waals surface area contributed by atoms with Gasteiger partial charge in [-0.2, -0.15) is 0 Å². The summed E-state index contributed by atoms with van der Waals surface area (Å²) in [6.07, 6.45) is 1.49. The van der Waals surface area contributed by atoms with Crippen LogP contribution in [-0.4, -0.2) is 34.2 Å². The third-order valence-electron chi connectivity index (χ3n) is 0.487. The number of hydrogen-bond donors (Lipinski definition) is 3. The van der Waals surface area contributed by atoms with Crippen LogP contribution in [0.3, 0.4) is 0 Å². The fourth-order valence-corrected chi connectivity index (χ4v) is 0.264. The van der Waals surface area contributed by atoms with Crippen LogP contribution in [0.25, 0.3) is 0 Å². The lowest BCUT2D eigenvalue weighted by molar-refractivity contribution is 0.361. The average Bonchev–Trinajstić information content (AvgIpc) is 2.11. The molecule has 1 aliphatic heterocycles. The summed E-state index contributed by atoms with van der Waals surface area (Å²) in [7, 11) is -2.62. The van der Waals surface area contributed by atoms with Gasteiger partial charge in [0.25, 0.3) is 0 Å². The molecule has 0 bridgehead atoms. The maximum atomic E-state index is 7.23. The highest BCUT2D eigenvalue weighted by Gasteiger charge is 1.84. The molecule has 0 aromatic heterocycles. The van der Waals surface area contributed by atoms with Crippen molar-refractivity contribution in [1.29, 1.82) is 0 Å². The Morgan fingerprint density at radius 2 is 2.00 bits per heavy atom. The van der Waals surface area contributed by atoms with E-state index in [0.717, 1.165) is 13.2 Å². The van der Waals surface area contributed by atoms with Gasteiger partial charge >= 0.3 is 8.60 Å². The standard InChI is InChI=1S/C3H5NO.H3O3P/c1-2-5-3-4-1;1-4(2)3/h3H,1-2H2;1-3H. The second kappa shape index (κ2) is 5.91. The van der Waals surface area contributed by atoms with Crippen molar-refractivity contribution in [3.63, 3.8) is 0 Å². The van der Waals surface area contributed by atoms with Crippen molar-refractivity contribution >= 4 is 15.0 Å². The van der Waals surface area contributed by atoms with Crippen molar-refractivity contribution in [3.8, 4) is 0 Å². The minimum Gasteiger partial charge on any atom is -0.482 e. The quantitative estimate of drug-likeness (QED) is 0.399. The Bertz CT molecular complexity index is 77.1. The molecule has 0 atom stereocenters. The number of aliphatic imine (C=N–C) groups is 1. The maximum absolute atomic E-state index is 7.23. The zero-order valence-electron chi connectivity index (χ0n) is 4.64. The molecular formula is C3H8NO4P. The van der Waals surface area contributed by atoms with E-state index in [2.05, 4.69) is 9.73 Å². The number of rotatable bonds is 0. The van der Waals surface area contributed by atoms with Crippen molar-refractivity contribution in [3.05, 3.63) is 0 Å². The summed E-state index contributed by atoms with van der Waals surface area (Å²) < 4.78 is 4.65. The molecule has 6 heteroatoms. The first kappa shape index (κ1) is 8.78. The molecule has 0 aliphatic carbocycles. The van der Waals surface area contributed by atoms with Gasteiger partial charge in [0.1, 0.15) is 6.61 Å². The fourth-order valence-electron chi connectivity index (χ4n) is 0.264. The largest absolute Gasteiger partial charge is 0.482 e. The van der Waals surface area contributed by atoms with E-state index in [4.69, 9.17) is 14.7 Å². The lowest BCUT2D eigenvalue weighted by Crippen LogP contribution is -1.80. The van der Waals surface area contributed by atoms with E-state index in [-0.39, 0.29) is 0 Å². The monoisotopic (exact) mass is 153 g/mol. The Hall–Kier alpha value is -0.220. The molecule has 0 saturated heterocycles. The van der Waals surface area contributed by atoms with Crippen LogP contribution in [0, 0.1) is 0 Å². The summed E-state index contributed by atoms with van der Waals surface area (Å²) >= 11 is 0. The molecule has 0 amide bonds. The molecule has 1 heterocycles. The van der Waals surface area contributed by atoms with Gasteiger partial charge in [0.2, 0.25) is 0 Å². The molecular weight excluding hydrogens is 145 g/mol. The molecule has 0 aromatic carbocycles. The van der Waals surface area contributed by atoms with Gasteiger partial charge in [0, 0.05) is 0 Å². The molecule has 0 unspecified atom stereocenters. The minimum atomic E-state index is -2.62. The number of ether oxygens (including phenoxy) is 1. The van der Waals surface area contributed by atoms with Crippen molar-refractivity contribution in [1.82, 2.24) is 0 Å². The van der Waals surface area contributed by atoms with E-state index in [0.29, 0.717) is 0 Å². The van der Waals surface area contributed by atoms with E-state index < -0.39 is 8.60 Å². The third kappa shape index (κ3) is 11.4. The molecule has 1 aliphatic rings. The molecule has 0 radical (unpaired) electrons. The predicted molar refractivity (Wildman–Crippen MR) is 32.9 cm³/mol. The summed E-state index contributed by atoms with van der Waals surface area (Å²) in [5, 5.41) is 0. The van der Waals surface area contributed by atoms with Crippen LogP contribution in [0.15, 0.2) is 4.99 Å². The number of hydrogen-bond acceptors (Lipinski definition) is 5. The first-order valence-corrected chi connectivity index (χ1v) is 3.40. The highest BCUT2D eigenvalue weighted by Crippen LogP contribution is 2.11. The Kier molecular flexibility index (Phi) is 5.76. The van der Waals surface area contributed by atoms with Crippen LogP contribution in [0.1, 0.15) is 0 Å². The Labute approximate surface area is 53.6 Å². The molecule has 5 nitrogen and oxygen atoms in total. The Morgan fingerprint density at radius 1 is 1.44 bits per heavy atom. The van der Waals surface area contributed by atoms with E-state index >= 15 is 0 Å². The van der Waals surface area contributed by atoms with Gasteiger partial charge in [-0.05, 0) is 0 Å². The van der Waals surface area contributed by atoms with Crippen molar-refractivity contribution in [2.45, 2.75) is 0 Å². The van der Waals surface area contributed by atoms with Gasteiger partial charge in [0.05, 0.1) is 6.54 Å². The molecule has 0 aromatic rings. The van der Waals surface area contributed by atoms with Crippen LogP contribution in [-0.2, 0) is 4.74 Å². The maximum Gasteiger partial charge on any atom is 0.324 e. The summed E-state index contributed by atoms with van der Waals surface area (Å²) in [6.45, 7) is 1.62. The zero-order valence-corrected chi connectivity index (χ0v) is 5.53. The van der Waals surface area contributed by atoms with Crippen molar-refractivity contribution < 1.29 is 19.4 Å². The fraction of sp³-hybridized carbons (Fsp3) is 0.667. The van der Waals surface area contributed by atoms with Gasteiger partial charge in [-0.3, -0.25) is 4.99 Å². The van der Waals surface area contributed by atoms with Crippen LogP contribution in [0.2, 0.25) is 0 Å². The van der Waals surface area contributed by atoms with E-state index in [9.17, 15) is 0 Å². The first-order chi connectivity index (χ1) is 4.23. The normalized spacial score (nSPS) is 14.7. The van der Waals surface area contributed by atoms with Gasteiger partial charge in [-0.15, -0.1) is 0 Å².